The Hall–Kier alpha value is 0.610. The van der Waals surface area contributed by atoms with Crippen LogP contribution in [-0.4, -0.2) is 4.98 Å². The second-order valence-corrected chi connectivity index (χ2v) is 2.79. The number of nitrogens with zero attached hydrogens (tertiary/aromatic N) is 1. The van der Waals surface area contributed by atoms with Gasteiger partial charge in [0, 0.05) is 48.6 Å². The molecule has 1 nitrogen and oxygen atoms in total. The first-order valence-electron chi connectivity index (χ1n) is 3.67. The Labute approximate surface area is 97.7 Å². The molecule has 1 rings (SSSR count). The average Bonchev–Trinajstić information content (AvgIpc) is 2.05. The monoisotopic (exact) mass is 389 g/mol. The molecule has 0 aliphatic rings. The molecule has 0 saturated heterocycles. The summed E-state index contributed by atoms with van der Waals surface area (Å²) in [6.45, 7) is 8.27. The fraction of sp³-hybridized carbons (Fsp3) is 0.444. The molecule has 1 aromatic heterocycles. The van der Waals surface area contributed by atoms with E-state index in [0.717, 1.165) is 11.4 Å². The zero-order valence-corrected chi connectivity index (χ0v) is 12.1. The Morgan fingerprint density at radius 2 is 1.25 bits per heavy atom. The normalized spacial score (nSPS) is 8.83. The van der Waals surface area contributed by atoms with Gasteiger partial charge in [-0.3, -0.25) is 4.98 Å². The summed E-state index contributed by atoms with van der Waals surface area (Å²) < 4.78 is 0. The number of halogens is 2. The van der Waals surface area contributed by atoms with Crippen molar-refractivity contribution in [1.29, 1.82) is 0 Å². The highest BCUT2D eigenvalue weighted by molar-refractivity contribution is 15.0. The van der Waals surface area contributed by atoms with Gasteiger partial charge in [0.15, 0.2) is 0 Å². The van der Waals surface area contributed by atoms with E-state index in [-0.39, 0.29) is 0 Å². The van der Waals surface area contributed by atoms with Gasteiger partial charge in [-0.2, -0.15) is 0 Å². The number of hydrogen-bond donors (Lipinski definition) is 0. The van der Waals surface area contributed by atoms with Crippen molar-refractivity contribution in [2.75, 3.05) is 0 Å². The van der Waals surface area contributed by atoms with Crippen LogP contribution < -0.4 is 0 Å². The Morgan fingerprint density at radius 3 is 1.50 bits per heavy atom. The van der Waals surface area contributed by atoms with Gasteiger partial charge in [0.1, 0.15) is 0 Å². The van der Waals surface area contributed by atoms with Crippen molar-refractivity contribution < 1.29 is 0 Å². The third-order valence-electron chi connectivity index (χ3n) is 1.91. The van der Waals surface area contributed by atoms with Crippen LogP contribution in [0.15, 0.2) is 6.07 Å². The predicted octanol–water partition coefficient (Wildman–Crippen LogP) is 4.09. The molecule has 0 atom stereocenters. The second-order valence-electron chi connectivity index (χ2n) is 2.79. The highest BCUT2D eigenvalue weighted by atomic mass is 128. The molecular formula is C9H13I2N. The van der Waals surface area contributed by atoms with Crippen molar-refractivity contribution in [3.8, 4) is 0 Å². The van der Waals surface area contributed by atoms with E-state index in [1.807, 2.05) is 13.8 Å². The predicted molar refractivity (Wildman–Crippen MR) is 71.2 cm³/mol. The lowest BCUT2D eigenvalue weighted by atomic mass is 10.1. The molecule has 1 aromatic rings. The van der Waals surface area contributed by atoms with E-state index in [1.165, 1.54) is 11.1 Å². The molecule has 0 radical (unpaired) electrons. The Bertz CT molecular complexity index is 209. The molecule has 0 spiro atoms. The van der Waals surface area contributed by atoms with Crippen molar-refractivity contribution in [3.05, 3.63) is 28.6 Å². The molecule has 0 bridgehead atoms. The van der Waals surface area contributed by atoms with Crippen LogP contribution in [0, 0.1) is 27.7 Å². The average molecular weight is 389 g/mol. The Balaban J connectivity index is 0.000000561. The fourth-order valence-corrected chi connectivity index (χ4v) is 0.962. The van der Waals surface area contributed by atoms with Gasteiger partial charge < -0.3 is 0 Å². The first-order chi connectivity index (χ1) is 5.61. The molecule has 1 heterocycles. The highest BCUT2D eigenvalue weighted by Gasteiger charge is 1.96. The summed E-state index contributed by atoms with van der Waals surface area (Å²) in [5.41, 5.74) is 4.84. The van der Waals surface area contributed by atoms with Gasteiger partial charge in [0.2, 0.25) is 0 Å². The minimum atomic E-state index is 1.14. The quantitative estimate of drug-likeness (QED) is 0.610. The lowest BCUT2D eigenvalue weighted by molar-refractivity contribution is 1.06. The molecule has 0 N–H and O–H groups in total. The summed E-state index contributed by atoms with van der Waals surface area (Å²) >= 11 is 4.24. The third kappa shape index (κ3) is 3.55. The van der Waals surface area contributed by atoms with Crippen LogP contribution in [0.4, 0.5) is 0 Å². The van der Waals surface area contributed by atoms with Crippen molar-refractivity contribution in [2.45, 2.75) is 27.7 Å². The lowest BCUT2D eigenvalue weighted by Crippen LogP contribution is -1.92. The molecule has 0 unspecified atom stereocenters. The number of aryl methyl sites for hydroxylation is 4. The SMILES string of the molecule is Cc1cc(C)c(C)nc1C.II. The van der Waals surface area contributed by atoms with Crippen LogP contribution in [0.25, 0.3) is 0 Å². The highest BCUT2D eigenvalue weighted by Crippen LogP contribution is 2.09. The lowest BCUT2D eigenvalue weighted by Gasteiger charge is -2.03. The van der Waals surface area contributed by atoms with Gasteiger partial charge in [0.25, 0.3) is 0 Å². The first-order valence-corrected chi connectivity index (χ1v) is 9.95. The summed E-state index contributed by atoms with van der Waals surface area (Å²) in [5.74, 6) is 0. The van der Waals surface area contributed by atoms with E-state index in [1.54, 1.807) is 0 Å². The minimum Gasteiger partial charge on any atom is -0.258 e. The molecule has 0 saturated carbocycles. The zero-order chi connectivity index (χ0) is 9.72. The molecule has 68 valence electrons. The standard InChI is InChI=1S/C9H13N.I2/c1-6-5-7(2)9(4)10-8(6)3;1-2/h5H,1-4H3;. The van der Waals surface area contributed by atoms with Gasteiger partial charge in [-0.15, -0.1) is 0 Å². The molecule has 3 heteroatoms. The number of rotatable bonds is 0. The molecule has 12 heavy (non-hydrogen) atoms. The molecule has 0 aliphatic carbocycles. The van der Waals surface area contributed by atoms with E-state index in [2.05, 4.69) is 62.1 Å². The van der Waals surface area contributed by atoms with Gasteiger partial charge in [-0.25, -0.2) is 0 Å². The maximum atomic E-state index is 4.37. The van der Waals surface area contributed by atoms with Crippen molar-refractivity contribution >= 4 is 37.2 Å². The van der Waals surface area contributed by atoms with Gasteiger partial charge in [0.05, 0.1) is 0 Å². The summed E-state index contributed by atoms with van der Waals surface area (Å²) in [4.78, 5) is 4.37. The van der Waals surface area contributed by atoms with E-state index in [0.29, 0.717) is 0 Å². The fourth-order valence-electron chi connectivity index (χ4n) is 0.962. The van der Waals surface area contributed by atoms with E-state index in [9.17, 15) is 0 Å². The number of aromatic nitrogens is 1. The van der Waals surface area contributed by atoms with Crippen LogP contribution in [0.1, 0.15) is 22.5 Å². The van der Waals surface area contributed by atoms with E-state index in [4.69, 9.17) is 0 Å². The molecule has 0 aliphatic heterocycles. The largest absolute Gasteiger partial charge is 0.258 e. The van der Waals surface area contributed by atoms with Crippen LogP contribution in [0.5, 0.6) is 0 Å². The maximum absolute atomic E-state index is 4.37. The second kappa shape index (κ2) is 6.12. The van der Waals surface area contributed by atoms with Crippen molar-refractivity contribution in [2.24, 2.45) is 0 Å². The molecular weight excluding hydrogens is 376 g/mol. The molecule has 0 amide bonds. The maximum Gasteiger partial charge on any atom is 0.0405 e. The van der Waals surface area contributed by atoms with Crippen molar-refractivity contribution in [1.82, 2.24) is 4.98 Å². The van der Waals surface area contributed by atoms with Crippen LogP contribution in [0.2, 0.25) is 0 Å². The third-order valence-corrected chi connectivity index (χ3v) is 1.91. The van der Waals surface area contributed by atoms with Gasteiger partial charge in [-0.1, -0.05) is 6.07 Å². The van der Waals surface area contributed by atoms with Gasteiger partial charge >= 0.3 is 0 Å². The van der Waals surface area contributed by atoms with Crippen LogP contribution in [0.3, 0.4) is 0 Å². The number of hydrogen-bond acceptors (Lipinski definition) is 1. The topological polar surface area (TPSA) is 12.9 Å². The smallest absolute Gasteiger partial charge is 0.0405 e. The van der Waals surface area contributed by atoms with Crippen molar-refractivity contribution in [3.63, 3.8) is 0 Å². The van der Waals surface area contributed by atoms with Crippen LogP contribution in [-0.2, 0) is 0 Å². The minimum absolute atomic E-state index is 1.14. The summed E-state index contributed by atoms with van der Waals surface area (Å²) in [6, 6.07) is 2.18. The summed E-state index contributed by atoms with van der Waals surface area (Å²) in [6.07, 6.45) is 0. The molecule has 0 fully saturated rings. The number of pyridine rings is 1. The first kappa shape index (κ1) is 12.6. The summed E-state index contributed by atoms with van der Waals surface area (Å²) in [7, 11) is 0. The Morgan fingerprint density at radius 1 is 0.917 bits per heavy atom. The molecule has 0 aromatic carbocycles. The zero-order valence-electron chi connectivity index (χ0n) is 7.78. The summed E-state index contributed by atoms with van der Waals surface area (Å²) in [5, 5.41) is 0. The Kier molecular flexibility index (Phi) is 6.43. The van der Waals surface area contributed by atoms with Crippen LogP contribution >= 0.6 is 37.2 Å². The van der Waals surface area contributed by atoms with E-state index < -0.39 is 0 Å². The van der Waals surface area contributed by atoms with Gasteiger partial charge in [-0.05, 0) is 38.8 Å². The van der Waals surface area contributed by atoms with E-state index >= 15 is 0 Å².